The Morgan fingerprint density at radius 1 is 1.19 bits per heavy atom. The van der Waals surface area contributed by atoms with Crippen LogP contribution in [-0.4, -0.2) is 32.5 Å². The van der Waals surface area contributed by atoms with Gasteiger partial charge in [0.05, 0.1) is 40.7 Å². The standard InChI is InChI=1S/C26H21ClFN7O2/c1-13(2)34-22-20(32-23(34)16-12-31-26(30)33-24(16)37-3)25(36)35(18-6-4-5-17(27)19(18)28)21(22)15-9-7-14(11-29)8-10-15/h4-10,12-13,21H,1-3H3,(H2,30,31,33)/t21-/m1/s1. The Balaban J connectivity index is 1.80. The molecule has 2 aromatic heterocycles. The van der Waals surface area contributed by atoms with Crippen molar-refractivity contribution in [3.63, 3.8) is 0 Å². The molecule has 2 N–H and O–H groups in total. The highest BCUT2D eigenvalue weighted by Crippen LogP contribution is 2.46. The van der Waals surface area contributed by atoms with Crippen molar-refractivity contribution in [2.75, 3.05) is 17.7 Å². The second-order valence-electron chi connectivity index (χ2n) is 8.67. The number of imidazole rings is 1. The summed E-state index contributed by atoms with van der Waals surface area (Å²) in [5.41, 5.74) is 8.04. The molecule has 1 amide bonds. The van der Waals surface area contributed by atoms with Gasteiger partial charge in [0.1, 0.15) is 11.9 Å². The number of nitrogens with two attached hydrogens (primary N) is 1. The highest BCUT2D eigenvalue weighted by molar-refractivity contribution is 6.31. The molecule has 0 fully saturated rings. The lowest BCUT2D eigenvalue weighted by atomic mass is 10.0. The van der Waals surface area contributed by atoms with Crippen molar-refractivity contribution in [1.82, 2.24) is 19.5 Å². The molecule has 4 aromatic rings. The maximum Gasteiger partial charge on any atom is 0.279 e. The zero-order valence-electron chi connectivity index (χ0n) is 20.1. The number of ether oxygens (including phenoxy) is 1. The Labute approximate surface area is 216 Å². The monoisotopic (exact) mass is 517 g/mol. The van der Waals surface area contributed by atoms with Crippen LogP contribution in [-0.2, 0) is 0 Å². The zero-order valence-corrected chi connectivity index (χ0v) is 20.9. The number of hydrogen-bond acceptors (Lipinski definition) is 7. The number of rotatable bonds is 5. The molecule has 0 saturated carbocycles. The maximum absolute atomic E-state index is 15.3. The number of aromatic nitrogens is 4. The van der Waals surface area contributed by atoms with Gasteiger partial charge in [-0.3, -0.25) is 9.69 Å². The summed E-state index contributed by atoms with van der Waals surface area (Å²) in [6.07, 6.45) is 1.49. The molecule has 0 unspecified atom stereocenters. The van der Waals surface area contributed by atoms with E-state index in [1.807, 2.05) is 18.4 Å². The van der Waals surface area contributed by atoms with Gasteiger partial charge in [0.2, 0.25) is 11.8 Å². The Morgan fingerprint density at radius 3 is 2.57 bits per heavy atom. The quantitative estimate of drug-likeness (QED) is 0.398. The number of nitriles is 1. The normalized spacial score (nSPS) is 14.7. The van der Waals surface area contributed by atoms with Gasteiger partial charge in [-0.15, -0.1) is 0 Å². The molecule has 9 nitrogen and oxygen atoms in total. The number of carbonyl (C=O) groups excluding carboxylic acids is 1. The van der Waals surface area contributed by atoms with Gasteiger partial charge < -0.3 is 15.0 Å². The Bertz CT molecular complexity index is 1580. The molecule has 11 heteroatoms. The third-order valence-electron chi connectivity index (χ3n) is 6.16. The van der Waals surface area contributed by atoms with Crippen LogP contribution in [0.15, 0.2) is 48.7 Å². The molecule has 0 spiro atoms. The van der Waals surface area contributed by atoms with E-state index in [2.05, 4.69) is 16.0 Å². The number of methoxy groups -OCH3 is 1. The Hall–Kier alpha value is -4.49. The van der Waals surface area contributed by atoms with E-state index >= 15 is 4.39 Å². The number of nitrogen functional groups attached to an aromatic ring is 1. The first-order valence-corrected chi connectivity index (χ1v) is 11.7. The average molecular weight is 518 g/mol. The number of halogens is 2. The molecule has 1 aliphatic heterocycles. The lowest BCUT2D eigenvalue weighted by molar-refractivity contribution is 0.0988. The number of carbonyl (C=O) groups is 1. The van der Waals surface area contributed by atoms with Crippen molar-refractivity contribution in [3.8, 4) is 23.3 Å². The first-order chi connectivity index (χ1) is 17.8. The fourth-order valence-corrected chi connectivity index (χ4v) is 4.76. The van der Waals surface area contributed by atoms with Crippen molar-refractivity contribution < 1.29 is 13.9 Å². The van der Waals surface area contributed by atoms with E-state index in [4.69, 9.17) is 27.1 Å². The smallest absolute Gasteiger partial charge is 0.279 e. The Morgan fingerprint density at radius 2 is 1.92 bits per heavy atom. The molecule has 186 valence electrons. The van der Waals surface area contributed by atoms with Gasteiger partial charge in [-0.1, -0.05) is 29.8 Å². The fourth-order valence-electron chi connectivity index (χ4n) is 4.59. The van der Waals surface area contributed by atoms with Crippen LogP contribution < -0.4 is 15.4 Å². The predicted molar refractivity (Wildman–Crippen MR) is 136 cm³/mol. The SMILES string of the molecule is COc1nc(N)ncc1-c1nc2c(n1C(C)C)[C@@H](c1ccc(C#N)cc1)N(c1cccc(Cl)c1F)C2=O. The third-order valence-corrected chi connectivity index (χ3v) is 6.45. The third kappa shape index (κ3) is 3.84. The highest BCUT2D eigenvalue weighted by atomic mass is 35.5. The second-order valence-corrected chi connectivity index (χ2v) is 9.08. The summed E-state index contributed by atoms with van der Waals surface area (Å²) in [5.74, 6) is -0.564. The molecule has 0 bridgehead atoms. The van der Waals surface area contributed by atoms with Crippen LogP contribution in [0.2, 0.25) is 5.02 Å². The first-order valence-electron chi connectivity index (χ1n) is 11.3. The molecule has 1 atom stereocenters. The summed E-state index contributed by atoms with van der Waals surface area (Å²) in [7, 11) is 1.45. The molecular formula is C26H21ClFN7O2. The van der Waals surface area contributed by atoms with Gasteiger partial charge in [-0.05, 0) is 43.7 Å². The number of fused-ring (bicyclic) bond motifs is 1. The topological polar surface area (TPSA) is 123 Å². The number of amides is 1. The van der Waals surface area contributed by atoms with Gasteiger partial charge in [0.25, 0.3) is 5.91 Å². The minimum Gasteiger partial charge on any atom is -0.480 e. The van der Waals surface area contributed by atoms with E-state index in [1.165, 1.54) is 30.3 Å². The average Bonchev–Trinajstić information content (AvgIpc) is 3.41. The van der Waals surface area contributed by atoms with Crippen molar-refractivity contribution >= 4 is 29.1 Å². The molecule has 0 aliphatic carbocycles. The van der Waals surface area contributed by atoms with Gasteiger partial charge in [0, 0.05) is 12.2 Å². The van der Waals surface area contributed by atoms with Crippen molar-refractivity contribution in [2.45, 2.75) is 25.9 Å². The highest BCUT2D eigenvalue weighted by Gasteiger charge is 2.46. The minimum atomic E-state index is -0.757. The van der Waals surface area contributed by atoms with Crippen LogP contribution in [0.3, 0.4) is 0 Å². The van der Waals surface area contributed by atoms with Crippen molar-refractivity contribution in [2.24, 2.45) is 0 Å². The number of anilines is 2. The van der Waals surface area contributed by atoms with Gasteiger partial charge in [0.15, 0.2) is 11.5 Å². The summed E-state index contributed by atoms with van der Waals surface area (Å²) in [6, 6.07) is 12.4. The largest absolute Gasteiger partial charge is 0.480 e. The van der Waals surface area contributed by atoms with Crippen molar-refractivity contribution in [3.05, 3.63) is 82.0 Å². The van der Waals surface area contributed by atoms with Crippen LogP contribution in [0.25, 0.3) is 11.4 Å². The summed E-state index contributed by atoms with van der Waals surface area (Å²) >= 11 is 6.08. The molecule has 0 radical (unpaired) electrons. The van der Waals surface area contributed by atoms with Crippen LogP contribution in [0.4, 0.5) is 16.0 Å². The minimum absolute atomic E-state index is 0.0233. The lowest BCUT2D eigenvalue weighted by Crippen LogP contribution is -2.31. The van der Waals surface area contributed by atoms with E-state index in [9.17, 15) is 10.1 Å². The molecule has 0 saturated heterocycles. The van der Waals surface area contributed by atoms with Gasteiger partial charge in [-0.25, -0.2) is 14.4 Å². The fraction of sp³-hybridized carbons (Fsp3) is 0.192. The summed E-state index contributed by atoms with van der Waals surface area (Å²) in [5, 5.41) is 9.17. The number of hydrogen-bond donors (Lipinski definition) is 1. The maximum atomic E-state index is 15.3. The molecule has 1 aliphatic rings. The van der Waals surface area contributed by atoms with Gasteiger partial charge in [-0.2, -0.15) is 10.2 Å². The van der Waals surface area contributed by atoms with Gasteiger partial charge >= 0.3 is 0 Å². The molecule has 3 heterocycles. The molecule has 2 aromatic carbocycles. The van der Waals surface area contributed by atoms with E-state index in [1.54, 1.807) is 30.3 Å². The van der Waals surface area contributed by atoms with Crippen LogP contribution in [0, 0.1) is 17.1 Å². The summed E-state index contributed by atoms with van der Waals surface area (Å²) < 4.78 is 22.6. The summed E-state index contributed by atoms with van der Waals surface area (Å²) in [6.45, 7) is 3.89. The number of benzene rings is 2. The second kappa shape index (κ2) is 9.19. The zero-order chi connectivity index (χ0) is 26.4. The van der Waals surface area contributed by atoms with E-state index in [0.29, 0.717) is 28.2 Å². The first kappa shape index (κ1) is 24.2. The predicted octanol–water partition coefficient (Wildman–Crippen LogP) is 4.93. The molecule has 37 heavy (non-hydrogen) atoms. The van der Waals surface area contributed by atoms with Crippen LogP contribution in [0.1, 0.15) is 53.2 Å². The Kier molecular flexibility index (Phi) is 6.01. The van der Waals surface area contributed by atoms with E-state index in [0.717, 1.165) is 0 Å². The van der Waals surface area contributed by atoms with E-state index < -0.39 is 17.8 Å². The summed E-state index contributed by atoms with van der Waals surface area (Å²) in [4.78, 5) is 28.2. The van der Waals surface area contributed by atoms with Crippen molar-refractivity contribution in [1.29, 1.82) is 5.26 Å². The lowest BCUT2D eigenvalue weighted by Gasteiger charge is -2.29. The van der Waals surface area contributed by atoms with Crippen LogP contribution in [0.5, 0.6) is 5.88 Å². The molecule has 5 rings (SSSR count). The molecular weight excluding hydrogens is 497 g/mol. The number of nitrogens with zero attached hydrogens (tertiary/aromatic N) is 6. The van der Waals surface area contributed by atoms with E-state index in [-0.39, 0.29) is 34.3 Å². The van der Waals surface area contributed by atoms with Crippen LogP contribution >= 0.6 is 11.6 Å².